The molecule has 1 aromatic carbocycles. The van der Waals surface area contributed by atoms with E-state index in [1.807, 2.05) is 27.7 Å². The van der Waals surface area contributed by atoms with E-state index in [9.17, 15) is 9.18 Å². The number of nitrogens with zero attached hydrogens (tertiary/aromatic N) is 2. The molecule has 1 aliphatic rings. The van der Waals surface area contributed by atoms with E-state index >= 15 is 0 Å². The highest BCUT2D eigenvalue weighted by Crippen LogP contribution is 2.37. The minimum Gasteiger partial charge on any atom is -0.444 e. The van der Waals surface area contributed by atoms with Gasteiger partial charge in [0.2, 0.25) is 0 Å². The maximum atomic E-state index is 14.2. The molecule has 5 nitrogen and oxygen atoms in total. The summed E-state index contributed by atoms with van der Waals surface area (Å²) in [6.07, 6.45) is 2.92. The fraction of sp³-hybridized carbons (Fsp3) is 0.474. The van der Waals surface area contributed by atoms with Crippen molar-refractivity contribution in [2.45, 2.75) is 58.2 Å². The Morgan fingerprint density at radius 2 is 2.12 bits per heavy atom. The molecule has 0 radical (unpaired) electrons. The Bertz CT molecular complexity index is 815. The number of hydrogen-bond acceptors (Lipinski definition) is 3. The van der Waals surface area contributed by atoms with Crippen LogP contribution < -0.4 is 0 Å². The predicted molar refractivity (Wildman–Crippen MR) is 101 cm³/mol. The van der Waals surface area contributed by atoms with Crippen LogP contribution in [0, 0.1) is 5.82 Å². The Morgan fingerprint density at radius 1 is 1.38 bits per heavy atom. The highest BCUT2D eigenvalue weighted by molar-refractivity contribution is 9.10. The van der Waals surface area contributed by atoms with Crippen LogP contribution in [0.1, 0.15) is 52.4 Å². The van der Waals surface area contributed by atoms with Gasteiger partial charge in [0.05, 0.1) is 17.9 Å². The number of nitrogens with one attached hydrogen (secondary N) is 1. The zero-order valence-electron chi connectivity index (χ0n) is 15.3. The lowest BCUT2D eigenvalue weighted by molar-refractivity contribution is 0.0152. The van der Waals surface area contributed by atoms with Crippen molar-refractivity contribution in [2.75, 3.05) is 0 Å². The average Bonchev–Trinajstić information content (AvgIpc) is 3.12. The number of H-pyrrole nitrogens is 1. The van der Waals surface area contributed by atoms with Gasteiger partial charge in [0.1, 0.15) is 17.2 Å². The Morgan fingerprint density at radius 3 is 2.77 bits per heavy atom. The molecule has 1 saturated heterocycles. The van der Waals surface area contributed by atoms with Gasteiger partial charge >= 0.3 is 6.09 Å². The minimum atomic E-state index is -0.557. The number of aromatic amines is 1. The lowest BCUT2D eigenvalue weighted by Crippen LogP contribution is -2.40. The van der Waals surface area contributed by atoms with Crippen LogP contribution in [-0.2, 0) is 4.74 Å². The molecule has 0 aliphatic carbocycles. The molecular formula is C19H23BrFN3O2. The number of likely N-dealkylation sites (tertiary alicyclic amines) is 1. The van der Waals surface area contributed by atoms with E-state index in [0.717, 1.165) is 12.8 Å². The molecule has 1 amide bonds. The largest absolute Gasteiger partial charge is 0.444 e. The Labute approximate surface area is 161 Å². The molecule has 1 fully saturated rings. The molecule has 0 spiro atoms. The third-order valence-corrected chi connectivity index (χ3v) is 4.90. The fourth-order valence-electron chi connectivity index (χ4n) is 3.23. The highest BCUT2D eigenvalue weighted by atomic mass is 79.9. The summed E-state index contributed by atoms with van der Waals surface area (Å²) in [5.74, 6) is 0.316. The van der Waals surface area contributed by atoms with E-state index in [1.165, 1.54) is 6.07 Å². The summed E-state index contributed by atoms with van der Waals surface area (Å²) in [7, 11) is 0. The van der Waals surface area contributed by atoms with E-state index in [2.05, 4.69) is 25.9 Å². The second kappa shape index (κ2) is 7.02. The summed E-state index contributed by atoms with van der Waals surface area (Å²) in [5.41, 5.74) is 0.481. The number of carbonyl (C=O) groups excluding carboxylic acids is 1. The van der Waals surface area contributed by atoms with Crippen molar-refractivity contribution in [3.63, 3.8) is 0 Å². The normalized spacial score (nSPS) is 20.5. The number of imidazole rings is 1. The van der Waals surface area contributed by atoms with Crippen LogP contribution in [0.2, 0.25) is 0 Å². The molecule has 140 valence electrons. The van der Waals surface area contributed by atoms with Gasteiger partial charge in [0, 0.05) is 16.1 Å². The van der Waals surface area contributed by atoms with E-state index in [0.29, 0.717) is 21.6 Å². The average molecular weight is 424 g/mol. The number of aromatic nitrogens is 2. The first-order valence-corrected chi connectivity index (χ1v) is 9.46. The number of carbonyl (C=O) groups is 1. The lowest BCUT2D eigenvalue weighted by atomic mass is 10.1. The minimum absolute atomic E-state index is 0.0628. The van der Waals surface area contributed by atoms with Gasteiger partial charge in [-0.3, -0.25) is 4.90 Å². The first-order valence-electron chi connectivity index (χ1n) is 8.67. The van der Waals surface area contributed by atoms with Gasteiger partial charge in [-0.2, -0.15) is 0 Å². The van der Waals surface area contributed by atoms with Crippen molar-refractivity contribution in [1.82, 2.24) is 14.9 Å². The van der Waals surface area contributed by atoms with Gasteiger partial charge in [-0.05, 0) is 58.7 Å². The molecule has 0 bridgehead atoms. The van der Waals surface area contributed by atoms with Gasteiger partial charge in [-0.25, -0.2) is 14.2 Å². The zero-order chi connectivity index (χ0) is 19.1. The standard InChI is InChI=1S/C19H23BrFN3O2/c1-11-5-8-16(24(11)18(25)26-19(2,3)4)17-22-10-15(23-17)13-7-6-12(20)9-14(13)21/h6-7,9-11,16H,5,8H2,1-4H3,(H,22,23)/t11-,16-/m0/s1. The highest BCUT2D eigenvalue weighted by Gasteiger charge is 2.39. The summed E-state index contributed by atoms with van der Waals surface area (Å²) >= 11 is 3.26. The number of rotatable bonds is 2. The molecule has 3 rings (SSSR count). The SMILES string of the molecule is C[C@H]1CC[C@@H](c2ncc(-c3ccc(Br)cc3F)[nH]2)N1C(=O)OC(C)(C)C. The summed E-state index contributed by atoms with van der Waals surface area (Å²) in [4.78, 5) is 22.0. The quantitative estimate of drug-likeness (QED) is 0.699. The second-order valence-corrected chi connectivity index (χ2v) is 8.55. The Hall–Kier alpha value is -1.89. The van der Waals surface area contributed by atoms with Crippen molar-refractivity contribution >= 4 is 22.0 Å². The van der Waals surface area contributed by atoms with E-state index in [-0.39, 0.29) is 24.0 Å². The molecule has 2 atom stereocenters. The van der Waals surface area contributed by atoms with Crippen LogP contribution in [0.3, 0.4) is 0 Å². The van der Waals surface area contributed by atoms with Crippen LogP contribution in [0.15, 0.2) is 28.9 Å². The number of amides is 1. The van der Waals surface area contributed by atoms with Gasteiger partial charge < -0.3 is 9.72 Å². The van der Waals surface area contributed by atoms with Crippen molar-refractivity contribution in [3.05, 3.63) is 40.5 Å². The molecule has 2 aromatic rings. The summed E-state index contributed by atoms with van der Waals surface area (Å²) in [6, 6.07) is 4.75. The second-order valence-electron chi connectivity index (χ2n) is 7.64. The first kappa shape index (κ1) is 18.9. The van der Waals surface area contributed by atoms with E-state index in [1.54, 1.807) is 23.2 Å². The molecule has 1 aromatic heterocycles. The fourth-order valence-corrected chi connectivity index (χ4v) is 3.56. The molecular weight excluding hydrogens is 401 g/mol. The maximum Gasteiger partial charge on any atom is 0.411 e. The van der Waals surface area contributed by atoms with Crippen LogP contribution in [-0.4, -0.2) is 32.6 Å². The van der Waals surface area contributed by atoms with Gasteiger partial charge in [-0.1, -0.05) is 15.9 Å². The molecule has 1 N–H and O–H groups in total. The molecule has 26 heavy (non-hydrogen) atoms. The number of halogens is 2. The van der Waals surface area contributed by atoms with Gasteiger partial charge in [-0.15, -0.1) is 0 Å². The molecule has 0 saturated carbocycles. The van der Waals surface area contributed by atoms with Crippen LogP contribution >= 0.6 is 15.9 Å². The molecule has 1 aliphatic heterocycles. The summed E-state index contributed by atoms with van der Waals surface area (Å²) in [5, 5.41) is 0. The lowest BCUT2D eigenvalue weighted by Gasteiger charge is -2.30. The molecule has 2 heterocycles. The Balaban J connectivity index is 1.86. The predicted octanol–water partition coefficient (Wildman–Crippen LogP) is 5.44. The van der Waals surface area contributed by atoms with Crippen LogP contribution in [0.4, 0.5) is 9.18 Å². The van der Waals surface area contributed by atoms with Crippen molar-refractivity contribution in [2.24, 2.45) is 0 Å². The van der Waals surface area contributed by atoms with Crippen LogP contribution in [0.5, 0.6) is 0 Å². The van der Waals surface area contributed by atoms with Gasteiger partial charge in [0.25, 0.3) is 0 Å². The monoisotopic (exact) mass is 423 g/mol. The van der Waals surface area contributed by atoms with Crippen molar-refractivity contribution in [3.8, 4) is 11.3 Å². The first-order chi connectivity index (χ1) is 12.2. The van der Waals surface area contributed by atoms with Crippen molar-refractivity contribution < 1.29 is 13.9 Å². The third kappa shape index (κ3) is 3.92. The smallest absolute Gasteiger partial charge is 0.411 e. The number of hydrogen-bond donors (Lipinski definition) is 1. The number of ether oxygens (including phenoxy) is 1. The third-order valence-electron chi connectivity index (χ3n) is 4.41. The van der Waals surface area contributed by atoms with E-state index in [4.69, 9.17) is 4.74 Å². The Kier molecular flexibility index (Phi) is 5.10. The maximum absolute atomic E-state index is 14.2. The molecule has 7 heteroatoms. The van der Waals surface area contributed by atoms with Crippen LogP contribution in [0.25, 0.3) is 11.3 Å². The van der Waals surface area contributed by atoms with Gasteiger partial charge in [0.15, 0.2) is 0 Å². The van der Waals surface area contributed by atoms with Crippen molar-refractivity contribution in [1.29, 1.82) is 0 Å². The topological polar surface area (TPSA) is 58.2 Å². The summed E-state index contributed by atoms with van der Waals surface area (Å²) in [6.45, 7) is 7.55. The molecule has 0 unspecified atom stereocenters. The summed E-state index contributed by atoms with van der Waals surface area (Å²) < 4.78 is 20.4. The zero-order valence-corrected chi connectivity index (χ0v) is 16.9. The van der Waals surface area contributed by atoms with E-state index < -0.39 is 5.60 Å². The number of benzene rings is 1.